The molecule has 1 amide bonds. The van der Waals surface area contributed by atoms with Crippen molar-refractivity contribution in [3.63, 3.8) is 0 Å². The fraction of sp³-hybridized carbons (Fsp3) is 0.250. The van der Waals surface area contributed by atoms with Gasteiger partial charge < -0.3 is 5.32 Å². The van der Waals surface area contributed by atoms with E-state index < -0.39 is 5.82 Å². The first kappa shape index (κ1) is 15.2. The fourth-order valence-corrected chi connectivity index (χ4v) is 2.65. The SMILES string of the molecule is CC(CS)C(=O)Nc1sc(-c2cncc(F)c2)nc1Cl. The van der Waals surface area contributed by atoms with Crippen LogP contribution in [0.15, 0.2) is 18.5 Å². The van der Waals surface area contributed by atoms with Crippen LogP contribution in [-0.2, 0) is 4.79 Å². The predicted molar refractivity (Wildman–Crippen MR) is 82.0 cm³/mol. The van der Waals surface area contributed by atoms with Crippen molar-refractivity contribution < 1.29 is 9.18 Å². The Kier molecular flexibility index (Phi) is 4.95. The Hall–Kier alpha value is -1.18. The highest BCUT2D eigenvalue weighted by Gasteiger charge is 2.17. The van der Waals surface area contributed by atoms with Crippen LogP contribution in [0.5, 0.6) is 0 Å². The van der Waals surface area contributed by atoms with Gasteiger partial charge in [0.05, 0.1) is 6.20 Å². The number of pyridine rings is 1. The Morgan fingerprint density at radius 2 is 2.35 bits per heavy atom. The quantitative estimate of drug-likeness (QED) is 0.843. The second-order valence-corrected chi connectivity index (χ2v) is 5.83. The number of thiol groups is 1. The van der Waals surface area contributed by atoms with E-state index in [0.717, 1.165) is 6.20 Å². The summed E-state index contributed by atoms with van der Waals surface area (Å²) in [4.78, 5) is 19.6. The van der Waals surface area contributed by atoms with Crippen molar-refractivity contribution >= 4 is 46.5 Å². The summed E-state index contributed by atoms with van der Waals surface area (Å²) in [5, 5.41) is 3.79. The molecule has 0 aliphatic carbocycles. The molecular formula is C12H11ClFN3OS2. The highest BCUT2D eigenvalue weighted by atomic mass is 35.5. The zero-order valence-corrected chi connectivity index (χ0v) is 12.9. The number of halogens is 2. The molecule has 0 radical (unpaired) electrons. The van der Waals surface area contributed by atoms with Crippen molar-refractivity contribution in [2.45, 2.75) is 6.92 Å². The van der Waals surface area contributed by atoms with Gasteiger partial charge in [-0.2, -0.15) is 12.6 Å². The largest absolute Gasteiger partial charge is 0.315 e. The second-order valence-electron chi connectivity index (χ2n) is 4.10. The van der Waals surface area contributed by atoms with Crippen LogP contribution < -0.4 is 5.32 Å². The van der Waals surface area contributed by atoms with Crippen LogP contribution >= 0.6 is 35.6 Å². The van der Waals surface area contributed by atoms with Gasteiger partial charge in [0, 0.05) is 23.4 Å². The molecule has 0 bridgehead atoms. The number of rotatable bonds is 4. The van der Waals surface area contributed by atoms with Crippen molar-refractivity contribution in [2.75, 3.05) is 11.1 Å². The third-order valence-electron chi connectivity index (χ3n) is 2.50. The van der Waals surface area contributed by atoms with Gasteiger partial charge in [0.1, 0.15) is 15.8 Å². The Labute approximate surface area is 129 Å². The number of carbonyl (C=O) groups excluding carboxylic acids is 1. The second kappa shape index (κ2) is 6.51. The number of thiazole rings is 1. The van der Waals surface area contributed by atoms with Crippen LogP contribution in [0, 0.1) is 11.7 Å². The number of hydrogen-bond acceptors (Lipinski definition) is 5. The van der Waals surface area contributed by atoms with Gasteiger partial charge in [0.2, 0.25) is 5.91 Å². The molecule has 2 aromatic rings. The van der Waals surface area contributed by atoms with Crippen molar-refractivity contribution in [3.05, 3.63) is 29.4 Å². The van der Waals surface area contributed by atoms with Gasteiger partial charge in [-0.1, -0.05) is 29.9 Å². The number of carbonyl (C=O) groups is 1. The van der Waals surface area contributed by atoms with Crippen molar-refractivity contribution in [2.24, 2.45) is 5.92 Å². The Morgan fingerprint density at radius 1 is 1.60 bits per heavy atom. The van der Waals surface area contributed by atoms with Gasteiger partial charge >= 0.3 is 0 Å². The number of nitrogens with zero attached hydrogens (tertiary/aromatic N) is 2. The van der Waals surface area contributed by atoms with E-state index in [-0.39, 0.29) is 17.0 Å². The Morgan fingerprint density at radius 3 is 3.00 bits per heavy atom. The van der Waals surface area contributed by atoms with Crippen molar-refractivity contribution in [1.29, 1.82) is 0 Å². The monoisotopic (exact) mass is 331 g/mol. The zero-order chi connectivity index (χ0) is 14.7. The molecule has 1 unspecified atom stereocenters. The van der Waals surface area contributed by atoms with Gasteiger partial charge in [-0.15, -0.1) is 0 Å². The van der Waals surface area contributed by atoms with E-state index in [1.54, 1.807) is 6.92 Å². The molecule has 8 heteroatoms. The van der Waals surface area contributed by atoms with Crippen molar-refractivity contribution in [3.8, 4) is 10.6 Å². The topological polar surface area (TPSA) is 54.9 Å². The minimum atomic E-state index is -0.455. The maximum atomic E-state index is 13.1. The summed E-state index contributed by atoms with van der Waals surface area (Å²) in [6.07, 6.45) is 2.59. The van der Waals surface area contributed by atoms with Crippen LogP contribution in [-0.4, -0.2) is 21.6 Å². The normalized spacial score (nSPS) is 12.2. The minimum absolute atomic E-state index is 0.175. The van der Waals surface area contributed by atoms with E-state index in [4.69, 9.17) is 11.6 Å². The van der Waals surface area contributed by atoms with E-state index in [2.05, 4.69) is 27.9 Å². The van der Waals surface area contributed by atoms with Crippen LogP contribution in [0.1, 0.15) is 6.92 Å². The first-order valence-corrected chi connectivity index (χ1v) is 7.53. The molecule has 106 valence electrons. The van der Waals surface area contributed by atoms with Gasteiger partial charge in [-0.3, -0.25) is 9.78 Å². The lowest BCUT2D eigenvalue weighted by atomic mass is 10.2. The molecule has 2 aromatic heterocycles. The van der Waals surface area contributed by atoms with Crippen LogP contribution in [0.3, 0.4) is 0 Å². The standard InChI is InChI=1S/C12H11ClFN3OS2/c1-6(5-19)10(18)17-12-9(13)16-11(20-12)7-2-8(14)4-15-3-7/h2-4,6,19H,5H2,1H3,(H,17,18). The highest BCUT2D eigenvalue weighted by molar-refractivity contribution is 7.80. The fourth-order valence-electron chi connectivity index (χ4n) is 1.35. The average molecular weight is 332 g/mol. The predicted octanol–water partition coefficient (Wildman–Crippen LogP) is 3.50. The number of amides is 1. The van der Waals surface area contributed by atoms with E-state index in [9.17, 15) is 9.18 Å². The van der Waals surface area contributed by atoms with E-state index in [0.29, 0.717) is 21.3 Å². The Bertz CT molecular complexity index is 635. The molecule has 4 nitrogen and oxygen atoms in total. The number of aromatic nitrogens is 2. The summed E-state index contributed by atoms with van der Waals surface area (Å²) in [6.45, 7) is 1.76. The summed E-state index contributed by atoms with van der Waals surface area (Å²) < 4.78 is 13.1. The van der Waals surface area contributed by atoms with Crippen LogP contribution in [0.2, 0.25) is 5.15 Å². The van der Waals surface area contributed by atoms with Gasteiger partial charge in [-0.05, 0) is 6.07 Å². The van der Waals surface area contributed by atoms with Gasteiger partial charge in [0.15, 0.2) is 5.15 Å². The molecule has 0 aromatic carbocycles. The number of nitrogens with one attached hydrogen (secondary N) is 1. The summed E-state index contributed by atoms with van der Waals surface area (Å²) in [5.74, 6) is -0.448. The average Bonchev–Trinajstić information content (AvgIpc) is 2.79. The minimum Gasteiger partial charge on any atom is -0.315 e. The van der Waals surface area contributed by atoms with Gasteiger partial charge in [0.25, 0.3) is 0 Å². The van der Waals surface area contributed by atoms with Crippen LogP contribution in [0.4, 0.5) is 9.39 Å². The Balaban J connectivity index is 2.24. The lowest BCUT2D eigenvalue weighted by Gasteiger charge is -2.07. The molecule has 0 saturated carbocycles. The third kappa shape index (κ3) is 3.47. The highest BCUT2D eigenvalue weighted by Crippen LogP contribution is 2.35. The first-order valence-electron chi connectivity index (χ1n) is 5.70. The maximum absolute atomic E-state index is 13.1. The summed E-state index contributed by atoms with van der Waals surface area (Å²) in [7, 11) is 0. The molecule has 1 N–H and O–H groups in total. The first-order chi connectivity index (χ1) is 9.51. The third-order valence-corrected chi connectivity index (χ3v) is 4.45. The summed E-state index contributed by atoms with van der Waals surface area (Å²) >= 11 is 11.2. The molecular weight excluding hydrogens is 321 g/mol. The van der Waals surface area contributed by atoms with E-state index in [1.165, 1.54) is 23.6 Å². The molecule has 0 saturated heterocycles. The molecule has 1 atom stereocenters. The molecule has 2 heterocycles. The summed E-state index contributed by atoms with van der Waals surface area (Å²) in [6, 6.07) is 1.31. The molecule has 0 aliphatic rings. The van der Waals surface area contributed by atoms with Crippen molar-refractivity contribution in [1.82, 2.24) is 9.97 Å². The lowest BCUT2D eigenvalue weighted by Crippen LogP contribution is -2.21. The van der Waals surface area contributed by atoms with E-state index >= 15 is 0 Å². The number of hydrogen-bond donors (Lipinski definition) is 2. The van der Waals surface area contributed by atoms with Gasteiger partial charge in [-0.25, -0.2) is 9.37 Å². The molecule has 0 fully saturated rings. The smallest absolute Gasteiger partial charge is 0.228 e. The lowest BCUT2D eigenvalue weighted by molar-refractivity contribution is -0.118. The molecule has 20 heavy (non-hydrogen) atoms. The molecule has 0 aliphatic heterocycles. The zero-order valence-electron chi connectivity index (χ0n) is 10.4. The molecule has 2 rings (SSSR count). The van der Waals surface area contributed by atoms with E-state index in [1.807, 2.05) is 0 Å². The van der Waals surface area contributed by atoms with Crippen LogP contribution in [0.25, 0.3) is 10.6 Å². The number of anilines is 1. The summed E-state index contributed by atoms with van der Waals surface area (Å²) in [5.41, 5.74) is 0.514. The molecule has 0 spiro atoms. The maximum Gasteiger partial charge on any atom is 0.228 e.